The average Bonchev–Trinajstić information content (AvgIpc) is 2.91. The molecule has 2 heteroatoms. The van der Waals surface area contributed by atoms with Crippen LogP contribution >= 0.6 is 11.3 Å². The Labute approximate surface area is 126 Å². The molecule has 1 aromatic carbocycles. The number of hydrogen-bond donors (Lipinski definition) is 1. The molecular weight excluding hydrogens is 262 g/mol. The number of fused-ring (bicyclic) bond motifs is 1. The lowest BCUT2D eigenvalue weighted by Gasteiger charge is -2.29. The third-order valence-electron chi connectivity index (χ3n) is 4.58. The number of benzene rings is 1. The Kier molecular flexibility index (Phi) is 4.23. The van der Waals surface area contributed by atoms with Gasteiger partial charge in [-0.15, -0.1) is 11.3 Å². The Morgan fingerprint density at radius 3 is 2.90 bits per heavy atom. The van der Waals surface area contributed by atoms with Crippen LogP contribution in [0.4, 0.5) is 0 Å². The largest absolute Gasteiger partial charge is 0.312 e. The number of nitrogens with one attached hydrogen (secondary N) is 1. The van der Waals surface area contributed by atoms with Crippen molar-refractivity contribution >= 4 is 11.3 Å². The van der Waals surface area contributed by atoms with Crippen molar-refractivity contribution < 1.29 is 0 Å². The summed E-state index contributed by atoms with van der Waals surface area (Å²) in [6, 6.07) is 11.8. The molecule has 0 fully saturated rings. The molecule has 0 aliphatic heterocycles. The summed E-state index contributed by atoms with van der Waals surface area (Å²) in [6.45, 7) is 2.23. The quantitative estimate of drug-likeness (QED) is 0.848. The van der Waals surface area contributed by atoms with Crippen molar-refractivity contribution in [3.05, 3.63) is 57.3 Å². The van der Waals surface area contributed by atoms with Crippen LogP contribution in [0.25, 0.3) is 0 Å². The van der Waals surface area contributed by atoms with Crippen LogP contribution < -0.4 is 5.32 Å². The molecule has 0 saturated carbocycles. The molecule has 1 N–H and O–H groups in total. The van der Waals surface area contributed by atoms with Crippen LogP contribution in [0.1, 0.15) is 52.8 Å². The lowest BCUT2D eigenvalue weighted by molar-refractivity contribution is 0.443. The fraction of sp³-hybridized carbons (Fsp3) is 0.444. The van der Waals surface area contributed by atoms with E-state index in [2.05, 4.69) is 55.0 Å². The summed E-state index contributed by atoms with van der Waals surface area (Å²) in [5.74, 6) is 0.707. The number of hydrogen-bond acceptors (Lipinski definition) is 2. The monoisotopic (exact) mass is 285 g/mol. The van der Waals surface area contributed by atoms with Crippen LogP contribution in [0.2, 0.25) is 0 Å². The SMILES string of the molecule is CNC(CC1CCCc2ccccc21)c1sccc1C. The van der Waals surface area contributed by atoms with Gasteiger partial charge in [0.05, 0.1) is 0 Å². The maximum absolute atomic E-state index is 3.53. The molecule has 2 aromatic rings. The van der Waals surface area contributed by atoms with Gasteiger partial charge in [0, 0.05) is 10.9 Å². The van der Waals surface area contributed by atoms with Crippen molar-refractivity contribution in [1.29, 1.82) is 0 Å². The molecule has 2 unspecified atom stereocenters. The minimum atomic E-state index is 0.492. The first kappa shape index (κ1) is 13.8. The zero-order valence-corrected chi connectivity index (χ0v) is 13.2. The van der Waals surface area contributed by atoms with E-state index in [1.165, 1.54) is 36.1 Å². The van der Waals surface area contributed by atoms with Crippen LogP contribution in [0, 0.1) is 6.92 Å². The van der Waals surface area contributed by atoms with E-state index < -0.39 is 0 Å². The maximum Gasteiger partial charge on any atom is 0.0420 e. The number of rotatable bonds is 4. The molecule has 0 radical (unpaired) electrons. The predicted molar refractivity (Wildman–Crippen MR) is 87.6 cm³/mol. The Bertz CT molecular complexity index is 572. The van der Waals surface area contributed by atoms with Gasteiger partial charge in [0.1, 0.15) is 0 Å². The van der Waals surface area contributed by atoms with Gasteiger partial charge in [-0.1, -0.05) is 24.3 Å². The highest BCUT2D eigenvalue weighted by molar-refractivity contribution is 7.10. The molecule has 106 valence electrons. The summed E-state index contributed by atoms with van der Waals surface area (Å²) in [5, 5.41) is 5.75. The summed E-state index contributed by atoms with van der Waals surface area (Å²) < 4.78 is 0. The zero-order chi connectivity index (χ0) is 13.9. The van der Waals surface area contributed by atoms with Gasteiger partial charge in [0.15, 0.2) is 0 Å². The fourth-order valence-electron chi connectivity index (χ4n) is 3.48. The lowest BCUT2D eigenvalue weighted by atomic mass is 9.79. The van der Waals surface area contributed by atoms with Crippen LogP contribution in [-0.2, 0) is 6.42 Å². The Hall–Kier alpha value is -1.12. The van der Waals surface area contributed by atoms with E-state index in [-0.39, 0.29) is 0 Å². The van der Waals surface area contributed by atoms with E-state index >= 15 is 0 Å². The average molecular weight is 285 g/mol. The van der Waals surface area contributed by atoms with E-state index in [4.69, 9.17) is 0 Å². The first-order valence-corrected chi connectivity index (χ1v) is 8.46. The minimum absolute atomic E-state index is 0.492. The highest BCUT2D eigenvalue weighted by Gasteiger charge is 2.24. The van der Waals surface area contributed by atoms with E-state index in [1.54, 1.807) is 11.1 Å². The highest BCUT2D eigenvalue weighted by Crippen LogP contribution is 2.39. The second-order valence-electron chi connectivity index (χ2n) is 5.83. The smallest absolute Gasteiger partial charge is 0.0420 e. The van der Waals surface area contributed by atoms with Crippen LogP contribution in [-0.4, -0.2) is 7.05 Å². The van der Waals surface area contributed by atoms with Gasteiger partial charge in [0.2, 0.25) is 0 Å². The molecule has 0 saturated heterocycles. The van der Waals surface area contributed by atoms with Gasteiger partial charge in [-0.25, -0.2) is 0 Å². The summed E-state index contributed by atoms with van der Waals surface area (Å²) in [7, 11) is 2.10. The molecule has 1 heterocycles. The molecular formula is C18H23NS. The third kappa shape index (κ3) is 2.68. The summed E-state index contributed by atoms with van der Waals surface area (Å²) in [6.07, 6.45) is 5.14. The first-order chi connectivity index (χ1) is 9.79. The van der Waals surface area contributed by atoms with Gasteiger partial charge in [0.25, 0.3) is 0 Å². The van der Waals surface area contributed by atoms with Crippen molar-refractivity contribution in [1.82, 2.24) is 5.32 Å². The highest BCUT2D eigenvalue weighted by atomic mass is 32.1. The number of thiophene rings is 1. The molecule has 0 bridgehead atoms. The summed E-state index contributed by atoms with van der Waals surface area (Å²) in [5.41, 5.74) is 4.59. The van der Waals surface area contributed by atoms with Crippen molar-refractivity contribution in [2.24, 2.45) is 0 Å². The Morgan fingerprint density at radius 2 is 2.15 bits per heavy atom. The van der Waals surface area contributed by atoms with E-state index in [0.717, 1.165) is 0 Å². The second-order valence-corrected chi connectivity index (χ2v) is 6.78. The van der Waals surface area contributed by atoms with Crippen LogP contribution in [0.5, 0.6) is 0 Å². The molecule has 1 nitrogen and oxygen atoms in total. The molecule has 20 heavy (non-hydrogen) atoms. The molecule has 1 aromatic heterocycles. The molecule has 3 rings (SSSR count). The summed E-state index contributed by atoms with van der Waals surface area (Å²) >= 11 is 1.89. The van der Waals surface area contributed by atoms with Gasteiger partial charge in [-0.3, -0.25) is 0 Å². The van der Waals surface area contributed by atoms with Crippen molar-refractivity contribution in [2.75, 3.05) is 7.05 Å². The second kappa shape index (κ2) is 6.11. The van der Waals surface area contributed by atoms with Crippen LogP contribution in [0.3, 0.4) is 0 Å². The van der Waals surface area contributed by atoms with Crippen molar-refractivity contribution in [3.63, 3.8) is 0 Å². The van der Waals surface area contributed by atoms with Crippen LogP contribution in [0.15, 0.2) is 35.7 Å². The molecule has 1 aliphatic rings. The van der Waals surface area contributed by atoms with E-state index in [1.807, 2.05) is 11.3 Å². The summed E-state index contributed by atoms with van der Waals surface area (Å²) in [4.78, 5) is 1.51. The zero-order valence-electron chi connectivity index (χ0n) is 12.4. The van der Waals surface area contributed by atoms with Gasteiger partial charge >= 0.3 is 0 Å². The molecule has 0 spiro atoms. The van der Waals surface area contributed by atoms with Gasteiger partial charge in [-0.2, -0.15) is 0 Å². The molecule has 0 amide bonds. The topological polar surface area (TPSA) is 12.0 Å². The van der Waals surface area contributed by atoms with Crippen molar-refractivity contribution in [2.45, 2.75) is 44.6 Å². The van der Waals surface area contributed by atoms with Crippen molar-refractivity contribution in [3.8, 4) is 0 Å². The molecule has 2 atom stereocenters. The lowest BCUT2D eigenvalue weighted by Crippen LogP contribution is -2.21. The van der Waals surface area contributed by atoms with E-state index in [9.17, 15) is 0 Å². The number of aryl methyl sites for hydroxylation is 2. The molecule has 1 aliphatic carbocycles. The fourth-order valence-corrected chi connectivity index (χ4v) is 4.53. The maximum atomic E-state index is 3.53. The Morgan fingerprint density at radius 1 is 1.30 bits per heavy atom. The normalized spacial score (nSPS) is 19.6. The van der Waals surface area contributed by atoms with Gasteiger partial charge < -0.3 is 5.32 Å². The first-order valence-electron chi connectivity index (χ1n) is 7.58. The van der Waals surface area contributed by atoms with Gasteiger partial charge in [-0.05, 0) is 73.7 Å². The predicted octanol–water partition coefficient (Wildman–Crippen LogP) is 4.83. The Balaban J connectivity index is 1.82. The standard InChI is InChI=1S/C18H23NS/c1-13-10-11-20-18(13)17(19-2)12-15-8-5-7-14-6-3-4-9-16(14)15/h3-4,6,9-11,15,17,19H,5,7-8,12H2,1-2H3. The van der Waals surface area contributed by atoms with E-state index in [0.29, 0.717) is 12.0 Å². The third-order valence-corrected chi connectivity index (χ3v) is 5.71. The minimum Gasteiger partial charge on any atom is -0.312 e.